The second-order valence-electron chi connectivity index (χ2n) is 7.59. The summed E-state index contributed by atoms with van der Waals surface area (Å²) in [7, 11) is 1.63. The van der Waals surface area contributed by atoms with Crippen molar-refractivity contribution in [2.45, 2.75) is 13.5 Å². The molecular formula is C26H25N5O. The van der Waals surface area contributed by atoms with Crippen LogP contribution in [0.25, 0.3) is 22.4 Å². The van der Waals surface area contributed by atoms with E-state index in [-0.39, 0.29) is 5.91 Å². The Morgan fingerprint density at radius 2 is 2.09 bits per heavy atom. The summed E-state index contributed by atoms with van der Waals surface area (Å²) >= 11 is 0. The Kier molecular flexibility index (Phi) is 6.22. The van der Waals surface area contributed by atoms with E-state index in [9.17, 15) is 4.79 Å². The number of aliphatic imine (C=N–C) groups is 1. The van der Waals surface area contributed by atoms with Gasteiger partial charge in [-0.15, -0.1) is 0 Å². The third-order valence-electron chi connectivity index (χ3n) is 5.22. The zero-order chi connectivity index (χ0) is 22.5. The van der Waals surface area contributed by atoms with Crippen molar-refractivity contribution >= 4 is 23.3 Å². The number of carbonyl (C=O) groups is 1. The number of rotatable bonds is 4. The Labute approximate surface area is 187 Å². The molecule has 4 rings (SSSR count). The molecule has 1 aromatic carbocycles. The number of fused-ring (bicyclic) bond motifs is 1. The minimum Gasteiger partial charge on any atom is -0.355 e. The van der Waals surface area contributed by atoms with Crippen molar-refractivity contribution in [1.82, 2.24) is 19.9 Å². The highest BCUT2D eigenvalue weighted by Gasteiger charge is 2.11. The molecule has 32 heavy (non-hydrogen) atoms. The number of pyridine rings is 1. The molecule has 1 aliphatic rings. The van der Waals surface area contributed by atoms with E-state index in [1.165, 1.54) is 0 Å². The summed E-state index contributed by atoms with van der Waals surface area (Å²) in [6.07, 6.45) is 13.6. The Hall–Kier alpha value is -4.06. The molecule has 1 N–H and O–H groups in total. The minimum atomic E-state index is -0.0929. The molecule has 3 aromatic rings. The van der Waals surface area contributed by atoms with E-state index in [1.807, 2.05) is 66.4 Å². The molecule has 0 aliphatic carbocycles. The number of aryl methyl sites for hydroxylation is 1. The zero-order valence-corrected chi connectivity index (χ0v) is 18.2. The summed E-state index contributed by atoms with van der Waals surface area (Å²) in [6.45, 7) is 7.27. The SMILES string of the molecule is C=C1/C=C\C=N/C/C=C\C(Cn2cnc3ccc(-c4ccc(C(=O)NC)c(C)c4)nc32)=C/1. The molecule has 160 valence electrons. The average molecular weight is 424 g/mol. The number of allylic oxidation sites excluding steroid dienone is 6. The number of aromatic nitrogens is 3. The first-order valence-electron chi connectivity index (χ1n) is 10.4. The summed E-state index contributed by atoms with van der Waals surface area (Å²) < 4.78 is 2.03. The van der Waals surface area contributed by atoms with Crippen LogP contribution in [-0.4, -0.2) is 40.2 Å². The average Bonchev–Trinajstić information content (AvgIpc) is 3.19. The Bertz CT molecular complexity index is 1310. The Morgan fingerprint density at radius 3 is 2.91 bits per heavy atom. The van der Waals surface area contributed by atoms with Gasteiger partial charge < -0.3 is 9.88 Å². The normalized spacial score (nSPS) is 18.6. The number of nitrogens with one attached hydrogen (secondary N) is 1. The molecule has 0 saturated carbocycles. The fourth-order valence-electron chi connectivity index (χ4n) is 3.61. The van der Waals surface area contributed by atoms with E-state index in [0.29, 0.717) is 18.7 Å². The van der Waals surface area contributed by atoms with Gasteiger partial charge in [-0.2, -0.15) is 0 Å². The molecule has 1 aliphatic heterocycles. The van der Waals surface area contributed by atoms with Gasteiger partial charge in [0, 0.05) is 24.4 Å². The monoisotopic (exact) mass is 423 g/mol. The van der Waals surface area contributed by atoms with Crippen LogP contribution in [0.1, 0.15) is 15.9 Å². The van der Waals surface area contributed by atoms with Gasteiger partial charge in [-0.25, -0.2) is 9.97 Å². The predicted octanol–water partition coefficient (Wildman–Crippen LogP) is 4.45. The lowest BCUT2D eigenvalue weighted by Gasteiger charge is -2.09. The molecule has 6 nitrogen and oxygen atoms in total. The summed E-state index contributed by atoms with van der Waals surface area (Å²) in [5.41, 5.74) is 7.00. The molecular weight excluding hydrogens is 398 g/mol. The number of hydrogen-bond acceptors (Lipinski definition) is 4. The highest BCUT2D eigenvalue weighted by molar-refractivity contribution is 5.96. The van der Waals surface area contributed by atoms with Crippen LogP contribution in [0.5, 0.6) is 0 Å². The maximum absolute atomic E-state index is 12.0. The smallest absolute Gasteiger partial charge is 0.251 e. The lowest BCUT2D eigenvalue weighted by atomic mass is 10.0. The summed E-state index contributed by atoms with van der Waals surface area (Å²) in [5.74, 6) is -0.0929. The molecule has 0 unspecified atom stereocenters. The molecule has 0 radical (unpaired) electrons. The third-order valence-corrected chi connectivity index (χ3v) is 5.22. The first-order chi connectivity index (χ1) is 15.5. The fraction of sp³-hybridized carbons (Fsp3) is 0.154. The van der Waals surface area contributed by atoms with Gasteiger partial charge in [0.05, 0.1) is 25.1 Å². The van der Waals surface area contributed by atoms with Crippen LogP contribution in [0.3, 0.4) is 0 Å². The van der Waals surface area contributed by atoms with E-state index in [2.05, 4.69) is 34.0 Å². The van der Waals surface area contributed by atoms with Gasteiger partial charge in [0.1, 0.15) is 5.52 Å². The molecule has 2 aromatic heterocycles. The van der Waals surface area contributed by atoms with Crippen molar-refractivity contribution in [1.29, 1.82) is 0 Å². The van der Waals surface area contributed by atoms with Gasteiger partial charge in [0.25, 0.3) is 5.91 Å². The minimum absolute atomic E-state index is 0.0929. The lowest BCUT2D eigenvalue weighted by molar-refractivity contribution is 0.0962. The summed E-state index contributed by atoms with van der Waals surface area (Å²) in [4.78, 5) is 25.7. The first-order valence-corrected chi connectivity index (χ1v) is 10.4. The van der Waals surface area contributed by atoms with E-state index < -0.39 is 0 Å². The number of amides is 1. The van der Waals surface area contributed by atoms with Gasteiger partial charge in [-0.05, 0) is 54.0 Å². The van der Waals surface area contributed by atoms with Gasteiger partial charge in [-0.1, -0.05) is 36.9 Å². The topological polar surface area (TPSA) is 72.2 Å². The number of imidazole rings is 1. The molecule has 0 atom stereocenters. The predicted molar refractivity (Wildman–Crippen MR) is 130 cm³/mol. The molecule has 0 bridgehead atoms. The molecule has 0 saturated heterocycles. The number of carbonyl (C=O) groups excluding carboxylic acids is 1. The van der Waals surface area contributed by atoms with Crippen molar-refractivity contribution in [3.05, 3.63) is 95.9 Å². The largest absolute Gasteiger partial charge is 0.355 e. The van der Waals surface area contributed by atoms with Crippen LogP contribution in [0.15, 0.2) is 89.8 Å². The van der Waals surface area contributed by atoms with E-state index in [0.717, 1.165) is 39.1 Å². The van der Waals surface area contributed by atoms with Crippen LogP contribution in [0, 0.1) is 6.92 Å². The third kappa shape index (κ3) is 4.64. The van der Waals surface area contributed by atoms with Gasteiger partial charge >= 0.3 is 0 Å². The van der Waals surface area contributed by atoms with Crippen LogP contribution >= 0.6 is 0 Å². The van der Waals surface area contributed by atoms with E-state index in [1.54, 1.807) is 13.3 Å². The van der Waals surface area contributed by atoms with Crippen molar-refractivity contribution in [3.63, 3.8) is 0 Å². The van der Waals surface area contributed by atoms with E-state index in [4.69, 9.17) is 4.98 Å². The van der Waals surface area contributed by atoms with E-state index >= 15 is 0 Å². The van der Waals surface area contributed by atoms with Crippen LogP contribution in [0.2, 0.25) is 0 Å². The van der Waals surface area contributed by atoms with Crippen LogP contribution < -0.4 is 5.32 Å². The second-order valence-corrected chi connectivity index (χ2v) is 7.59. The molecule has 3 heterocycles. The zero-order valence-electron chi connectivity index (χ0n) is 18.2. The quantitative estimate of drug-likeness (QED) is 0.674. The molecule has 1 amide bonds. The van der Waals surface area contributed by atoms with Gasteiger partial charge in [0.2, 0.25) is 0 Å². The highest BCUT2D eigenvalue weighted by Crippen LogP contribution is 2.24. The fourth-order valence-corrected chi connectivity index (χ4v) is 3.61. The molecule has 0 spiro atoms. The van der Waals surface area contributed by atoms with Crippen molar-refractivity contribution in [2.24, 2.45) is 4.99 Å². The van der Waals surface area contributed by atoms with Crippen molar-refractivity contribution < 1.29 is 4.79 Å². The summed E-state index contributed by atoms with van der Waals surface area (Å²) in [6, 6.07) is 9.69. The maximum Gasteiger partial charge on any atom is 0.251 e. The standard InChI is InChI=1S/C26H25N5O/c1-18-6-4-12-28-13-5-7-20(14-18)16-31-17-29-24-11-10-23(30-25(24)31)21-8-9-22(19(2)15-21)26(32)27-3/h4-12,14-15,17H,1,13,16H2,2-3H3,(H,27,32)/b6-4-,7-5-,20-14+,28-12-. The summed E-state index contributed by atoms with van der Waals surface area (Å²) in [5, 5.41) is 2.67. The maximum atomic E-state index is 12.0. The van der Waals surface area contributed by atoms with Crippen molar-refractivity contribution in [3.8, 4) is 11.3 Å². The number of hydrogen-bond donors (Lipinski definition) is 1. The number of nitrogens with zero attached hydrogens (tertiary/aromatic N) is 4. The molecule has 6 heteroatoms. The highest BCUT2D eigenvalue weighted by atomic mass is 16.1. The molecule has 0 fully saturated rings. The Morgan fingerprint density at radius 1 is 1.22 bits per heavy atom. The lowest BCUT2D eigenvalue weighted by Crippen LogP contribution is -2.18. The van der Waals surface area contributed by atoms with Gasteiger partial charge in [-0.3, -0.25) is 9.79 Å². The van der Waals surface area contributed by atoms with Crippen LogP contribution in [-0.2, 0) is 6.54 Å². The van der Waals surface area contributed by atoms with Crippen molar-refractivity contribution in [2.75, 3.05) is 13.6 Å². The number of benzene rings is 1. The van der Waals surface area contributed by atoms with Crippen LogP contribution in [0.4, 0.5) is 0 Å². The second kappa shape index (κ2) is 9.39. The van der Waals surface area contributed by atoms with Gasteiger partial charge in [0.15, 0.2) is 5.65 Å². The Balaban J connectivity index is 1.67. The first kappa shape index (κ1) is 21.2.